The van der Waals surface area contributed by atoms with E-state index in [9.17, 15) is 27.2 Å². The third-order valence-electron chi connectivity index (χ3n) is 8.43. The summed E-state index contributed by atoms with van der Waals surface area (Å²) in [6.07, 6.45) is -2.41. The van der Waals surface area contributed by atoms with E-state index in [0.717, 1.165) is 61.3 Å². The summed E-state index contributed by atoms with van der Waals surface area (Å²) >= 11 is 1.26. The topological polar surface area (TPSA) is 71.3 Å². The van der Waals surface area contributed by atoms with Gasteiger partial charge in [-0.25, -0.2) is 9.07 Å². The van der Waals surface area contributed by atoms with Crippen molar-refractivity contribution in [3.63, 3.8) is 0 Å². The number of thioether (sulfide) groups is 1. The first-order valence-electron chi connectivity index (χ1n) is 15.7. The molecule has 0 spiro atoms. The van der Waals surface area contributed by atoms with Crippen molar-refractivity contribution >= 4 is 17.7 Å². The fraction of sp³-hybridized carbons (Fsp3) is 0.371. The van der Waals surface area contributed by atoms with Crippen molar-refractivity contribution in [3.8, 4) is 11.1 Å². The Labute approximate surface area is 275 Å². The predicted molar refractivity (Wildman–Crippen MR) is 174 cm³/mol. The molecule has 47 heavy (non-hydrogen) atoms. The number of amides is 1. The molecular weight excluding hydrogens is 630 g/mol. The van der Waals surface area contributed by atoms with Crippen LogP contribution in [0.4, 0.5) is 17.6 Å². The number of likely N-dealkylation sites (tertiary alicyclic amines) is 1. The van der Waals surface area contributed by atoms with Crippen LogP contribution in [0.3, 0.4) is 0 Å². The molecule has 1 fully saturated rings. The summed E-state index contributed by atoms with van der Waals surface area (Å²) in [5.74, 6) is -0.0822. The molecule has 0 N–H and O–H groups in total. The standard InChI is InChI=1S/C35H37F4N5O2S/c1-3-31-33(46)40-34(47-23-25-7-15-29(36)16-8-25)44(41-31)22-32(45)43(30-17-19-42(4-2)20-18-30)21-24-5-9-26(10-6-24)27-11-13-28(14-12-27)35(37,38)39/h5-16,30H,3-4,17-23H2,1-2H3. The lowest BCUT2D eigenvalue weighted by molar-refractivity contribution is -0.138. The fourth-order valence-electron chi connectivity index (χ4n) is 5.64. The van der Waals surface area contributed by atoms with E-state index >= 15 is 0 Å². The third kappa shape index (κ3) is 8.86. The minimum atomic E-state index is -4.40. The number of aryl methyl sites for hydroxylation is 1. The molecule has 7 nitrogen and oxygen atoms in total. The quantitative estimate of drug-likeness (QED) is 0.129. The molecule has 2 heterocycles. The van der Waals surface area contributed by atoms with Crippen molar-refractivity contribution in [2.45, 2.75) is 69.3 Å². The lowest BCUT2D eigenvalue weighted by atomic mass is 10.00. The van der Waals surface area contributed by atoms with Gasteiger partial charge in [0.1, 0.15) is 18.1 Å². The molecule has 1 aliphatic rings. The number of carbonyl (C=O) groups is 1. The number of benzene rings is 3. The average molecular weight is 668 g/mol. The number of rotatable bonds is 11. The van der Waals surface area contributed by atoms with E-state index in [1.807, 2.05) is 36.1 Å². The van der Waals surface area contributed by atoms with E-state index in [1.54, 1.807) is 12.1 Å². The number of piperidine rings is 1. The molecule has 0 saturated carbocycles. The highest BCUT2D eigenvalue weighted by atomic mass is 32.2. The Kier molecular flexibility index (Phi) is 11.1. The highest BCUT2D eigenvalue weighted by Gasteiger charge is 2.30. The first kappa shape index (κ1) is 34.3. The van der Waals surface area contributed by atoms with Crippen LogP contribution in [0.1, 0.15) is 49.1 Å². The Hall–Kier alpha value is -4.03. The first-order chi connectivity index (χ1) is 22.5. The van der Waals surface area contributed by atoms with Gasteiger partial charge in [-0.15, -0.1) is 0 Å². The molecule has 5 rings (SSSR count). The van der Waals surface area contributed by atoms with Gasteiger partial charge >= 0.3 is 6.18 Å². The number of hydrogen-bond acceptors (Lipinski definition) is 6. The number of hydrogen-bond donors (Lipinski definition) is 0. The second-order valence-corrected chi connectivity index (χ2v) is 12.5. The van der Waals surface area contributed by atoms with Gasteiger partial charge in [-0.05, 0) is 72.3 Å². The monoisotopic (exact) mass is 667 g/mol. The number of halogens is 4. The molecule has 248 valence electrons. The van der Waals surface area contributed by atoms with Crippen LogP contribution in [-0.2, 0) is 36.2 Å². The molecule has 0 atom stereocenters. The number of aromatic nitrogens is 3. The molecule has 0 radical (unpaired) electrons. The third-order valence-corrected chi connectivity index (χ3v) is 9.46. The molecule has 1 amide bonds. The van der Waals surface area contributed by atoms with Crippen LogP contribution in [0.5, 0.6) is 0 Å². The van der Waals surface area contributed by atoms with E-state index in [1.165, 1.54) is 40.7 Å². The van der Waals surface area contributed by atoms with Gasteiger partial charge in [0.2, 0.25) is 5.91 Å². The van der Waals surface area contributed by atoms with Crippen LogP contribution < -0.4 is 5.56 Å². The lowest BCUT2D eigenvalue weighted by Gasteiger charge is -2.38. The SMILES string of the molecule is CCc1nn(CC(=O)N(Cc2ccc(-c3ccc(C(F)(F)F)cc3)cc2)C2CCN(CC)CC2)c(SCc2ccc(F)cc2)nc1=O. The van der Waals surface area contributed by atoms with Gasteiger partial charge in [-0.1, -0.05) is 74.1 Å². The lowest BCUT2D eigenvalue weighted by Crippen LogP contribution is -2.48. The summed E-state index contributed by atoms with van der Waals surface area (Å²) in [6, 6.07) is 18.6. The maximum atomic E-state index is 14.1. The summed E-state index contributed by atoms with van der Waals surface area (Å²) in [6.45, 7) is 6.84. The summed E-state index contributed by atoms with van der Waals surface area (Å²) in [4.78, 5) is 35.2. The Balaban J connectivity index is 1.37. The molecule has 1 aromatic heterocycles. The Bertz CT molecular complexity index is 1700. The van der Waals surface area contributed by atoms with Crippen LogP contribution in [0.25, 0.3) is 11.1 Å². The van der Waals surface area contributed by atoms with E-state index in [2.05, 4.69) is 21.9 Å². The van der Waals surface area contributed by atoms with E-state index in [4.69, 9.17) is 0 Å². The van der Waals surface area contributed by atoms with Crippen LogP contribution >= 0.6 is 11.8 Å². The Morgan fingerprint density at radius 1 is 0.915 bits per heavy atom. The van der Waals surface area contributed by atoms with Gasteiger partial charge in [0, 0.05) is 31.4 Å². The van der Waals surface area contributed by atoms with Gasteiger partial charge in [-0.3, -0.25) is 9.59 Å². The summed E-state index contributed by atoms with van der Waals surface area (Å²) < 4.78 is 54.0. The Morgan fingerprint density at radius 2 is 1.51 bits per heavy atom. The van der Waals surface area contributed by atoms with Crippen molar-refractivity contribution in [1.29, 1.82) is 0 Å². The summed E-state index contributed by atoms with van der Waals surface area (Å²) in [7, 11) is 0. The molecule has 3 aromatic carbocycles. The average Bonchev–Trinajstić information content (AvgIpc) is 3.07. The normalized spacial score (nSPS) is 14.3. The van der Waals surface area contributed by atoms with Crippen molar-refractivity contribution in [3.05, 3.63) is 111 Å². The number of nitrogens with zero attached hydrogens (tertiary/aromatic N) is 5. The van der Waals surface area contributed by atoms with Crippen molar-refractivity contribution in [2.24, 2.45) is 0 Å². The zero-order valence-electron chi connectivity index (χ0n) is 26.3. The van der Waals surface area contributed by atoms with Crippen LogP contribution in [0.2, 0.25) is 0 Å². The highest BCUT2D eigenvalue weighted by Crippen LogP contribution is 2.31. The second-order valence-electron chi connectivity index (χ2n) is 11.5. The maximum Gasteiger partial charge on any atom is 0.416 e. The molecule has 0 bridgehead atoms. The highest BCUT2D eigenvalue weighted by molar-refractivity contribution is 7.98. The molecule has 1 saturated heterocycles. The fourth-order valence-corrected chi connectivity index (χ4v) is 6.53. The second kappa shape index (κ2) is 15.2. The van der Waals surface area contributed by atoms with Crippen LogP contribution in [0.15, 0.2) is 82.7 Å². The number of carbonyl (C=O) groups excluding carboxylic acids is 1. The zero-order valence-corrected chi connectivity index (χ0v) is 27.2. The van der Waals surface area contributed by atoms with Gasteiger partial charge in [-0.2, -0.15) is 23.3 Å². The van der Waals surface area contributed by atoms with Crippen molar-refractivity contribution in [1.82, 2.24) is 24.6 Å². The van der Waals surface area contributed by atoms with Crippen LogP contribution in [0, 0.1) is 5.82 Å². The minimum Gasteiger partial charge on any atom is -0.334 e. The van der Waals surface area contributed by atoms with Crippen LogP contribution in [-0.4, -0.2) is 56.1 Å². The summed E-state index contributed by atoms with van der Waals surface area (Å²) in [5.41, 5.74) is 2.30. The van der Waals surface area contributed by atoms with Gasteiger partial charge in [0.15, 0.2) is 5.16 Å². The van der Waals surface area contributed by atoms with Gasteiger partial charge in [0.05, 0.1) is 5.56 Å². The first-order valence-corrected chi connectivity index (χ1v) is 16.7. The van der Waals surface area contributed by atoms with E-state index < -0.39 is 17.3 Å². The van der Waals surface area contributed by atoms with Crippen molar-refractivity contribution < 1.29 is 22.4 Å². The minimum absolute atomic E-state index is 0.00630. The zero-order chi connectivity index (χ0) is 33.6. The molecule has 4 aromatic rings. The van der Waals surface area contributed by atoms with E-state index in [-0.39, 0.29) is 30.0 Å². The van der Waals surface area contributed by atoms with Gasteiger partial charge in [0.25, 0.3) is 5.56 Å². The molecule has 0 unspecified atom stereocenters. The molecule has 1 aliphatic heterocycles. The van der Waals surface area contributed by atoms with Crippen molar-refractivity contribution in [2.75, 3.05) is 19.6 Å². The van der Waals surface area contributed by atoms with Gasteiger partial charge < -0.3 is 9.80 Å². The molecule has 12 heteroatoms. The maximum absolute atomic E-state index is 14.1. The number of alkyl halides is 3. The Morgan fingerprint density at radius 3 is 2.09 bits per heavy atom. The largest absolute Gasteiger partial charge is 0.416 e. The molecule has 0 aliphatic carbocycles. The summed E-state index contributed by atoms with van der Waals surface area (Å²) in [5, 5.41) is 4.83. The molecular formula is C35H37F4N5O2S. The predicted octanol–water partition coefficient (Wildman–Crippen LogP) is 6.83. The smallest absolute Gasteiger partial charge is 0.334 e. The van der Waals surface area contributed by atoms with E-state index in [0.29, 0.717) is 29.4 Å².